The average Bonchev–Trinajstić information content (AvgIpc) is 2.84. The van der Waals surface area contributed by atoms with Crippen LogP contribution in [0.2, 0.25) is 0 Å². The lowest BCUT2D eigenvalue weighted by Gasteiger charge is -2.16. The van der Waals surface area contributed by atoms with Gasteiger partial charge in [0.2, 0.25) is 5.82 Å². The summed E-state index contributed by atoms with van der Waals surface area (Å²) in [5.41, 5.74) is -1.22. The van der Waals surface area contributed by atoms with Gasteiger partial charge >= 0.3 is 11.9 Å². The molecule has 0 aliphatic rings. The lowest BCUT2D eigenvalue weighted by molar-refractivity contribution is -0.149. The Kier molecular flexibility index (Phi) is 16.0. The highest BCUT2D eigenvalue weighted by Gasteiger charge is 2.30. The fourth-order valence-corrected chi connectivity index (χ4v) is 3.87. The van der Waals surface area contributed by atoms with E-state index in [4.69, 9.17) is 9.47 Å². The summed E-state index contributed by atoms with van der Waals surface area (Å²) in [4.78, 5) is 23.6. The molecule has 1 unspecified atom stereocenters. The van der Waals surface area contributed by atoms with Crippen LogP contribution in [-0.4, -0.2) is 18.5 Å². The summed E-state index contributed by atoms with van der Waals surface area (Å²) in [5, 5.41) is 0. The maximum atomic E-state index is 13.8. The predicted octanol–water partition coefficient (Wildman–Crippen LogP) is 8.40. The quantitative estimate of drug-likeness (QED) is 0.0602. The van der Waals surface area contributed by atoms with E-state index < -0.39 is 52.7 Å². The number of carbonyl (C=O) groups is 2. The van der Waals surface area contributed by atoms with Crippen molar-refractivity contribution in [3.05, 3.63) is 34.6 Å². The Bertz CT molecular complexity index is 787. The van der Waals surface area contributed by atoms with Crippen molar-refractivity contribution in [3.8, 4) is 0 Å². The van der Waals surface area contributed by atoms with Gasteiger partial charge in [0.15, 0.2) is 23.3 Å². The Labute approximate surface area is 210 Å². The van der Waals surface area contributed by atoms with E-state index in [1.807, 2.05) is 0 Å². The van der Waals surface area contributed by atoms with Gasteiger partial charge in [-0.2, -0.15) is 0 Å². The van der Waals surface area contributed by atoms with Gasteiger partial charge in [0.1, 0.15) is 6.10 Å². The molecule has 0 aliphatic heterocycles. The second-order valence-corrected chi connectivity index (χ2v) is 9.08. The van der Waals surface area contributed by atoms with Crippen molar-refractivity contribution >= 4 is 11.9 Å². The fraction of sp³-hybridized carbons (Fsp3) is 0.704. The van der Waals surface area contributed by atoms with Crippen LogP contribution in [0.1, 0.15) is 122 Å². The van der Waals surface area contributed by atoms with Gasteiger partial charge in [-0.05, 0) is 19.8 Å². The van der Waals surface area contributed by atoms with Gasteiger partial charge in [-0.3, -0.25) is 9.59 Å². The lowest BCUT2D eigenvalue weighted by Crippen LogP contribution is -2.15. The minimum atomic E-state index is -2.28. The summed E-state index contributed by atoms with van der Waals surface area (Å²) in [5.74, 6) is -12.0. The predicted molar refractivity (Wildman–Crippen MR) is 127 cm³/mol. The van der Waals surface area contributed by atoms with Gasteiger partial charge in [-0.1, -0.05) is 77.6 Å². The Morgan fingerprint density at radius 3 is 1.53 bits per heavy atom. The molecule has 0 heterocycles. The first kappa shape index (κ1) is 31.8. The van der Waals surface area contributed by atoms with Gasteiger partial charge in [0.25, 0.3) is 0 Å². The Morgan fingerprint density at radius 2 is 1.03 bits per heavy atom. The largest absolute Gasteiger partial charge is 0.466 e. The third kappa shape index (κ3) is 11.7. The van der Waals surface area contributed by atoms with E-state index in [0.29, 0.717) is 6.61 Å². The number of carbonyl (C=O) groups excluding carboxylic acids is 2. The zero-order valence-electron chi connectivity index (χ0n) is 21.4. The molecule has 36 heavy (non-hydrogen) atoms. The number of halogens is 5. The highest BCUT2D eigenvalue weighted by molar-refractivity contribution is 5.72. The van der Waals surface area contributed by atoms with E-state index in [-0.39, 0.29) is 19.3 Å². The van der Waals surface area contributed by atoms with E-state index in [0.717, 1.165) is 26.2 Å². The van der Waals surface area contributed by atoms with Crippen molar-refractivity contribution in [2.24, 2.45) is 0 Å². The SMILES string of the molecule is CCCCCCCCCCCCCCOC(=O)CCCC(=O)OC(C)c1c(F)c(F)c(F)c(F)c1F. The van der Waals surface area contributed by atoms with Crippen LogP contribution in [0.25, 0.3) is 0 Å². The molecule has 0 spiro atoms. The normalized spacial score (nSPS) is 12.0. The van der Waals surface area contributed by atoms with E-state index in [1.165, 1.54) is 57.8 Å². The number of benzene rings is 1. The van der Waals surface area contributed by atoms with Crippen molar-refractivity contribution in [1.82, 2.24) is 0 Å². The topological polar surface area (TPSA) is 52.6 Å². The molecule has 4 nitrogen and oxygen atoms in total. The van der Waals surface area contributed by atoms with Gasteiger partial charge < -0.3 is 9.47 Å². The highest BCUT2D eigenvalue weighted by atomic mass is 19.2. The van der Waals surface area contributed by atoms with Crippen LogP contribution in [0.5, 0.6) is 0 Å². The van der Waals surface area contributed by atoms with Crippen molar-refractivity contribution in [2.45, 2.75) is 116 Å². The summed E-state index contributed by atoms with van der Waals surface area (Å²) in [6.07, 6.45) is 12.4. The van der Waals surface area contributed by atoms with Gasteiger partial charge in [0, 0.05) is 12.8 Å². The minimum Gasteiger partial charge on any atom is -0.466 e. The zero-order valence-corrected chi connectivity index (χ0v) is 21.4. The van der Waals surface area contributed by atoms with Crippen molar-refractivity contribution in [2.75, 3.05) is 6.61 Å². The molecule has 0 N–H and O–H groups in total. The van der Waals surface area contributed by atoms with Gasteiger partial charge in [0.05, 0.1) is 12.2 Å². The number of rotatable bonds is 19. The molecule has 0 saturated carbocycles. The molecule has 0 saturated heterocycles. The smallest absolute Gasteiger partial charge is 0.306 e. The molecule has 0 bridgehead atoms. The number of unbranched alkanes of at least 4 members (excludes halogenated alkanes) is 11. The van der Waals surface area contributed by atoms with Crippen molar-refractivity contribution in [3.63, 3.8) is 0 Å². The third-order valence-corrected chi connectivity index (χ3v) is 5.98. The van der Waals surface area contributed by atoms with E-state index in [1.54, 1.807) is 0 Å². The van der Waals surface area contributed by atoms with E-state index in [2.05, 4.69) is 6.92 Å². The molecule has 1 rings (SSSR count). The maximum absolute atomic E-state index is 13.8. The first-order chi connectivity index (χ1) is 17.2. The fourth-order valence-electron chi connectivity index (χ4n) is 3.87. The van der Waals surface area contributed by atoms with Crippen LogP contribution in [0.3, 0.4) is 0 Å². The summed E-state index contributed by atoms with van der Waals surface area (Å²) < 4.78 is 77.3. The molecule has 206 valence electrons. The molecule has 1 atom stereocenters. The van der Waals surface area contributed by atoms with Crippen molar-refractivity contribution in [1.29, 1.82) is 0 Å². The Morgan fingerprint density at radius 1 is 0.611 bits per heavy atom. The first-order valence-corrected chi connectivity index (χ1v) is 13.1. The summed E-state index contributed by atoms with van der Waals surface area (Å²) >= 11 is 0. The molecule has 9 heteroatoms. The number of hydrogen-bond donors (Lipinski definition) is 0. The molecule has 0 radical (unpaired) electrons. The first-order valence-electron chi connectivity index (χ1n) is 13.1. The van der Waals surface area contributed by atoms with Crippen LogP contribution in [0.4, 0.5) is 22.0 Å². The summed E-state index contributed by atoms with van der Waals surface area (Å²) in [6.45, 7) is 3.52. The zero-order chi connectivity index (χ0) is 26.9. The minimum absolute atomic E-state index is 0.0513. The molecule has 1 aromatic carbocycles. The Hall–Kier alpha value is -2.19. The number of esters is 2. The second kappa shape index (κ2) is 18.1. The maximum Gasteiger partial charge on any atom is 0.306 e. The van der Waals surface area contributed by atoms with Crippen LogP contribution >= 0.6 is 0 Å². The molecule has 0 fully saturated rings. The third-order valence-electron chi connectivity index (χ3n) is 5.98. The van der Waals surface area contributed by atoms with Crippen LogP contribution in [-0.2, 0) is 19.1 Å². The van der Waals surface area contributed by atoms with Gasteiger partial charge in [-0.15, -0.1) is 0 Å². The van der Waals surface area contributed by atoms with E-state index >= 15 is 0 Å². The Balaban J connectivity index is 2.12. The number of hydrogen-bond acceptors (Lipinski definition) is 4. The second-order valence-electron chi connectivity index (χ2n) is 9.08. The average molecular weight is 523 g/mol. The standard InChI is InChI=1S/C27H39F5O4/c1-3-4-5-6-7-8-9-10-11-12-13-14-18-35-20(33)16-15-17-21(34)36-19(2)22-23(28)25(30)27(32)26(31)24(22)29/h19H,3-18H2,1-2H3. The molecule has 0 amide bonds. The van der Waals surface area contributed by atoms with Crippen LogP contribution in [0, 0.1) is 29.1 Å². The monoisotopic (exact) mass is 522 g/mol. The van der Waals surface area contributed by atoms with Gasteiger partial charge in [-0.25, -0.2) is 22.0 Å². The molecular weight excluding hydrogens is 483 g/mol. The molecular formula is C27H39F5O4. The highest BCUT2D eigenvalue weighted by Crippen LogP contribution is 2.29. The number of ether oxygens (including phenoxy) is 2. The van der Waals surface area contributed by atoms with Crippen molar-refractivity contribution < 1.29 is 41.0 Å². The lowest BCUT2D eigenvalue weighted by atomic mass is 10.1. The van der Waals surface area contributed by atoms with Crippen LogP contribution < -0.4 is 0 Å². The molecule has 0 aromatic heterocycles. The molecule has 0 aliphatic carbocycles. The summed E-state index contributed by atoms with van der Waals surface area (Å²) in [6, 6.07) is 0. The van der Waals surface area contributed by atoms with E-state index in [9.17, 15) is 31.5 Å². The molecule has 1 aromatic rings. The summed E-state index contributed by atoms with van der Waals surface area (Å²) in [7, 11) is 0. The van der Waals surface area contributed by atoms with Crippen LogP contribution in [0.15, 0.2) is 0 Å².